The zero-order chi connectivity index (χ0) is 15.9. The summed E-state index contributed by atoms with van der Waals surface area (Å²) in [5.74, 6) is -0.448. The second-order valence-electron chi connectivity index (χ2n) is 4.56. The summed E-state index contributed by atoms with van der Waals surface area (Å²) >= 11 is 3.39. The van der Waals surface area contributed by atoms with Crippen LogP contribution in [0.4, 0.5) is 11.4 Å². The lowest BCUT2D eigenvalue weighted by Gasteiger charge is -2.08. The molecule has 2 rings (SSSR count). The number of nitriles is 1. The van der Waals surface area contributed by atoms with Crippen molar-refractivity contribution in [2.75, 3.05) is 10.6 Å². The van der Waals surface area contributed by atoms with Crippen LogP contribution < -0.4 is 10.6 Å². The molecule has 0 heterocycles. The SMILES string of the molecule is Cc1ccccc1NC(=O)/C(C#N)=C\Nc1ccccc1Br. The average molecular weight is 356 g/mol. The molecular formula is C17H14BrN3O. The number of hydrogen-bond acceptors (Lipinski definition) is 3. The van der Waals surface area contributed by atoms with E-state index in [4.69, 9.17) is 5.26 Å². The number of halogens is 1. The van der Waals surface area contributed by atoms with Gasteiger partial charge >= 0.3 is 0 Å². The van der Waals surface area contributed by atoms with Crippen LogP contribution in [0.15, 0.2) is 64.8 Å². The van der Waals surface area contributed by atoms with Crippen LogP contribution in [0.2, 0.25) is 0 Å². The minimum Gasteiger partial charge on any atom is -0.359 e. The topological polar surface area (TPSA) is 64.9 Å². The Morgan fingerprint density at radius 1 is 1.14 bits per heavy atom. The average Bonchev–Trinajstić information content (AvgIpc) is 2.52. The highest BCUT2D eigenvalue weighted by Crippen LogP contribution is 2.21. The summed E-state index contributed by atoms with van der Waals surface area (Å²) in [6, 6.07) is 16.8. The molecule has 1 amide bonds. The van der Waals surface area contributed by atoms with E-state index >= 15 is 0 Å². The molecule has 4 nitrogen and oxygen atoms in total. The van der Waals surface area contributed by atoms with Crippen molar-refractivity contribution in [1.82, 2.24) is 0 Å². The Labute approximate surface area is 137 Å². The van der Waals surface area contributed by atoms with E-state index in [2.05, 4.69) is 26.6 Å². The summed E-state index contributed by atoms with van der Waals surface area (Å²) in [5.41, 5.74) is 2.40. The van der Waals surface area contributed by atoms with Crippen LogP contribution in [0, 0.1) is 18.3 Å². The van der Waals surface area contributed by atoms with Crippen molar-refractivity contribution in [1.29, 1.82) is 5.26 Å². The van der Waals surface area contributed by atoms with E-state index in [1.807, 2.05) is 55.5 Å². The number of para-hydroxylation sites is 2. The van der Waals surface area contributed by atoms with Gasteiger partial charge in [0.1, 0.15) is 11.6 Å². The van der Waals surface area contributed by atoms with E-state index in [1.165, 1.54) is 6.20 Å². The standard InChI is InChI=1S/C17H14BrN3O/c1-12-6-2-4-8-15(12)21-17(22)13(10-19)11-20-16-9-5-3-7-14(16)18/h2-9,11,20H,1H3,(H,21,22)/b13-11-. The zero-order valence-corrected chi connectivity index (χ0v) is 13.5. The summed E-state index contributed by atoms with van der Waals surface area (Å²) in [4.78, 5) is 12.1. The van der Waals surface area contributed by atoms with Gasteiger partial charge in [-0.3, -0.25) is 4.79 Å². The van der Waals surface area contributed by atoms with Crippen LogP contribution in [-0.4, -0.2) is 5.91 Å². The number of nitrogens with one attached hydrogen (secondary N) is 2. The Kier molecular flexibility index (Phi) is 5.34. The molecule has 0 aromatic heterocycles. The lowest BCUT2D eigenvalue weighted by molar-refractivity contribution is -0.112. The molecule has 0 saturated carbocycles. The van der Waals surface area contributed by atoms with Crippen molar-refractivity contribution in [3.05, 3.63) is 70.3 Å². The van der Waals surface area contributed by atoms with Crippen LogP contribution >= 0.6 is 15.9 Å². The minimum atomic E-state index is -0.448. The quantitative estimate of drug-likeness (QED) is 0.637. The molecule has 0 aliphatic rings. The van der Waals surface area contributed by atoms with Gasteiger partial charge in [-0.25, -0.2) is 0 Å². The third kappa shape index (κ3) is 3.96. The summed E-state index contributed by atoms with van der Waals surface area (Å²) in [7, 11) is 0. The molecule has 0 fully saturated rings. The highest BCUT2D eigenvalue weighted by Gasteiger charge is 2.10. The third-order valence-corrected chi connectivity index (χ3v) is 3.70. The molecule has 2 aromatic rings. The fourth-order valence-electron chi connectivity index (χ4n) is 1.78. The molecule has 5 heteroatoms. The van der Waals surface area contributed by atoms with Gasteiger partial charge < -0.3 is 10.6 Å². The Morgan fingerprint density at radius 2 is 1.77 bits per heavy atom. The van der Waals surface area contributed by atoms with Gasteiger partial charge in [-0.15, -0.1) is 0 Å². The highest BCUT2D eigenvalue weighted by atomic mass is 79.9. The Bertz CT molecular complexity index is 762. The van der Waals surface area contributed by atoms with Crippen molar-refractivity contribution in [3.8, 4) is 6.07 Å². The van der Waals surface area contributed by atoms with Gasteiger partial charge in [-0.1, -0.05) is 30.3 Å². The van der Waals surface area contributed by atoms with Crippen molar-refractivity contribution in [3.63, 3.8) is 0 Å². The molecule has 0 bridgehead atoms. The predicted octanol–water partition coefficient (Wildman–Crippen LogP) is 4.22. The lowest BCUT2D eigenvalue weighted by Crippen LogP contribution is -2.15. The van der Waals surface area contributed by atoms with Gasteiger partial charge in [0.05, 0.1) is 5.69 Å². The van der Waals surface area contributed by atoms with Gasteiger partial charge in [-0.05, 0) is 46.6 Å². The van der Waals surface area contributed by atoms with Gasteiger partial charge in [-0.2, -0.15) is 5.26 Å². The smallest absolute Gasteiger partial charge is 0.267 e. The largest absolute Gasteiger partial charge is 0.359 e. The maximum Gasteiger partial charge on any atom is 0.267 e. The maximum absolute atomic E-state index is 12.1. The first kappa shape index (κ1) is 15.8. The molecule has 0 aliphatic heterocycles. The number of rotatable bonds is 4. The van der Waals surface area contributed by atoms with Gasteiger partial charge in [0.15, 0.2) is 0 Å². The molecular weight excluding hydrogens is 342 g/mol. The molecule has 0 spiro atoms. The first-order valence-corrected chi connectivity index (χ1v) is 7.39. The first-order valence-electron chi connectivity index (χ1n) is 6.60. The Morgan fingerprint density at radius 3 is 2.41 bits per heavy atom. The zero-order valence-electron chi connectivity index (χ0n) is 11.9. The molecule has 2 N–H and O–H groups in total. The van der Waals surface area contributed by atoms with Crippen molar-refractivity contribution in [2.45, 2.75) is 6.92 Å². The number of carbonyl (C=O) groups excluding carboxylic acids is 1. The summed E-state index contributed by atoms with van der Waals surface area (Å²) in [5, 5.41) is 14.8. The fraction of sp³-hybridized carbons (Fsp3) is 0.0588. The molecule has 0 atom stereocenters. The van der Waals surface area contributed by atoms with E-state index in [-0.39, 0.29) is 5.57 Å². The maximum atomic E-state index is 12.1. The van der Waals surface area contributed by atoms with Gasteiger partial charge in [0.25, 0.3) is 5.91 Å². The number of aryl methyl sites for hydroxylation is 1. The minimum absolute atomic E-state index is 0.000920. The second kappa shape index (κ2) is 7.43. The highest BCUT2D eigenvalue weighted by molar-refractivity contribution is 9.10. The van der Waals surface area contributed by atoms with E-state index in [0.717, 1.165) is 15.7 Å². The molecule has 0 aliphatic carbocycles. The first-order chi connectivity index (χ1) is 10.6. The van der Waals surface area contributed by atoms with Crippen LogP contribution in [0.5, 0.6) is 0 Å². The molecule has 22 heavy (non-hydrogen) atoms. The summed E-state index contributed by atoms with van der Waals surface area (Å²) in [6.07, 6.45) is 1.40. The predicted molar refractivity (Wildman–Crippen MR) is 91.3 cm³/mol. The number of hydrogen-bond donors (Lipinski definition) is 2. The van der Waals surface area contributed by atoms with E-state index in [1.54, 1.807) is 6.07 Å². The number of benzene rings is 2. The molecule has 0 unspecified atom stereocenters. The Balaban J connectivity index is 2.13. The van der Waals surface area contributed by atoms with Crippen LogP contribution in [0.3, 0.4) is 0 Å². The van der Waals surface area contributed by atoms with Crippen LogP contribution in [-0.2, 0) is 4.79 Å². The second-order valence-corrected chi connectivity index (χ2v) is 5.42. The summed E-state index contributed by atoms with van der Waals surface area (Å²) < 4.78 is 0.850. The normalized spacial score (nSPS) is 10.7. The number of anilines is 2. The van der Waals surface area contributed by atoms with Crippen LogP contribution in [0.1, 0.15) is 5.56 Å². The number of nitrogens with zero attached hydrogens (tertiary/aromatic N) is 1. The summed E-state index contributed by atoms with van der Waals surface area (Å²) in [6.45, 7) is 1.89. The van der Waals surface area contributed by atoms with Crippen LogP contribution in [0.25, 0.3) is 0 Å². The van der Waals surface area contributed by atoms with Gasteiger partial charge in [0, 0.05) is 16.4 Å². The van der Waals surface area contributed by atoms with Crippen molar-refractivity contribution < 1.29 is 4.79 Å². The van der Waals surface area contributed by atoms with Crippen molar-refractivity contribution in [2.24, 2.45) is 0 Å². The molecule has 2 aromatic carbocycles. The monoisotopic (exact) mass is 355 g/mol. The fourth-order valence-corrected chi connectivity index (χ4v) is 2.18. The lowest BCUT2D eigenvalue weighted by atomic mass is 10.2. The van der Waals surface area contributed by atoms with E-state index in [9.17, 15) is 4.79 Å². The Hall–Kier alpha value is -2.58. The number of amides is 1. The van der Waals surface area contributed by atoms with Gasteiger partial charge in [0.2, 0.25) is 0 Å². The molecule has 0 saturated heterocycles. The van der Waals surface area contributed by atoms with E-state index in [0.29, 0.717) is 5.69 Å². The van der Waals surface area contributed by atoms with Crippen molar-refractivity contribution >= 4 is 33.2 Å². The molecule has 0 radical (unpaired) electrons. The van der Waals surface area contributed by atoms with E-state index < -0.39 is 5.91 Å². The molecule has 110 valence electrons. The third-order valence-electron chi connectivity index (χ3n) is 3.00. The number of carbonyl (C=O) groups is 1.